The molecule has 2 heterocycles. The Kier molecular flexibility index (Phi) is 3.24. The summed E-state index contributed by atoms with van der Waals surface area (Å²) in [7, 11) is 0. The highest BCUT2D eigenvalue weighted by Crippen LogP contribution is 2.30. The third-order valence-corrected chi connectivity index (χ3v) is 3.80. The van der Waals surface area contributed by atoms with Crippen molar-refractivity contribution in [2.75, 3.05) is 13.2 Å². The number of hydrogen-bond acceptors (Lipinski definition) is 3. The van der Waals surface area contributed by atoms with Crippen molar-refractivity contribution in [3.8, 4) is 0 Å². The summed E-state index contributed by atoms with van der Waals surface area (Å²) in [6, 6.07) is 6.19. The van der Waals surface area contributed by atoms with E-state index in [2.05, 4.69) is 5.32 Å². The first-order valence-corrected chi connectivity index (χ1v) is 6.58. The Bertz CT molecular complexity index is 471. The highest BCUT2D eigenvalue weighted by molar-refractivity contribution is 5.84. The van der Waals surface area contributed by atoms with Gasteiger partial charge in [0.2, 0.25) is 5.91 Å². The third-order valence-electron chi connectivity index (χ3n) is 3.80. The van der Waals surface area contributed by atoms with E-state index in [1.807, 2.05) is 11.8 Å². The van der Waals surface area contributed by atoms with Crippen LogP contribution in [0.1, 0.15) is 25.1 Å². The number of carbonyl (C=O) groups excluding carboxylic acids is 1. The molecule has 0 bridgehead atoms. The van der Waals surface area contributed by atoms with E-state index in [1.165, 1.54) is 12.1 Å². The van der Waals surface area contributed by atoms with E-state index in [0.717, 1.165) is 12.0 Å². The van der Waals surface area contributed by atoms with Crippen LogP contribution in [-0.2, 0) is 9.53 Å². The fraction of sp³-hybridized carbons (Fsp3) is 0.500. The fourth-order valence-electron chi connectivity index (χ4n) is 2.77. The van der Waals surface area contributed by atoms with Crippen LogP contribution < -0.4 is 5.32 Å². The first-order valence-electron chi connectivity index (χ1n) is 6.58. The van der Waals surface area contributed by atoms with Gasteiger partial charge in [0.05, 0.1) is 18.7 Å². The van der Waals surface area contributed by atoms with Crippen LogP contribution in [0.5, 0.6) is 0 Å². The number of rotatable bonds is 2. The van der Waals surface area contributed by atoms with Gasteiger partial charge in [0.25, 0.3) is 0 Å². The molecule has 2 aliphatic rings. The maximum absolute atomic E-state index is 13.0. The lowest BCUT2D eigenvalue weighted by Crippen LogP contribution is -2.40. The van der Waals surface area contributed by atoms with Crippen molar-refractivity contribution in [3.63, 3.8) is 0 Å². The molecule has 0 spiro atoms. The molecule has 3 rings (SSSR count). The van der Waals surface area contributed by atoms with Gasteiger partial charge in [-0.05, 0) is 31.0 Å². The zero-order valence-corrected chi connectivity index (χ0v) is 10.8. The van der Waals surface area contributed by atoms with Crippen LogP contribution in [0, 0.1) is 5.82 Å². The minimum Gasteiger partial charge on any atom is -0.379 e. The molecule has 0 saturated carbocycles. The van der Waals surface area contributed by atoms with E-state index in [0.29, 0.717) is 13.2 Å². The Hall–Kier alpha value is -1.46. The van der Waals surface area contributed by atoms with Crippen LogP contribution in [0.25, 0.3) is 0 Å². The number of benzene rings is 1. The Morgan fingerprint density at radius 1 is 1.37 bits per heavy atom. The van der Waals surface area contributed by atoms with Crippen molar-refractivity contribution in [2.45, 2.75) is 31.6 Å². The summed E-state index contributed by atoms with van der Waals surface area (Å²) in [5.74, 6) is -0.179. The molecular weight excluding hydrogens is 247 g/mol. The molecule has 0 radical (unpaired) electrons. The first-order chi connectivity index (χ1) is 9.16. The number of ether oxygens (including phenoxy) is 1. The van der Waals surface area contributed by atoms with Crippen LogP contribution in [0.15, 0.2) is 24.3 Å². The maximum Gasteiger partial charge on any atom is 0.241 e. The summed E-state index contributed by atoms with van der Waals surface area (Å²) in [5.41, 5.74) is 0.908. The highest BCUT2D eigenvalue weighted by Gasteiger charge is 2.42. The number of nitrogens with zero attached hydrogens (tertiary/aromatic N) is 1. The van der Waals surface area contributed by atoms with Crippen molar-refractivity contribution < 1.29 is 13.9 Å². The predicted octanol–water partition coefficient (Wildman–Crippen LogP) is 1.43. The number of carbonyl (C=O) groups is 1. The quantitative estimate of drug-likeness (QED) is 0.878. The average Bonchev–Trinajstić information content (AvgIpc) is 3.00. The molecule has 1 amide bonds. The molecule has 4 nitrogen and oxygen atoms in total. The summed E-state index contributed by atoms with van der Waals surface area (Å²) in [6.45, 7) is 3.13. The molecule has 0 aromatic heterocycles. The minimum atomic E-state index is -0.267. The van der Waals surface area contributed by atoms with Crippen molar-refractivity contribution in [1.29, 1.82) is 0 Å². The Morgan fingerprint density at radius 3 is 2.74 bits per heavy atom. The normalized spacial score (nSPS) is 31.2. The van der Waals surface area contributed by atoms with Crippen molar-refractivity contribution in [2.24, 2.45) is 0 Å². The number of hydrogen-bond donors (Lipinski definition) is 1. The highest BCUT2D eigenvalue weighted by atomic mass is 19.1. The predicted molar refractivity (Wildman–Crippen MR) is 67.8 cm³/mol. The Morgan fingerprint density at radius 2 is 2.11 bits per heavy atom. The van der Waals surface area contributed by atoms with Gasteiger partial charge >= 0.3 is 0 Å². The molecule has 2 fully saturated rings. The smallest absolute Gasteiger partial charge is 0.241 e. The lowest BCUT2D eigenvalue weighted by atomic mass is 10.1. The second kappa shape index (κ2) is 4.90. The largest absolute Gasteiger partial charge is 0.379 e. The van der Waals surface area contributed by atoms with Gasteiger partial charge in [-0.15, -0.1) is 0 Å². The molecule has 3 unspecified atom stereocenters. The molecule has 1 N–H and O–H groups in total. The van der Waals surface area contributed by atoms with E-state index in [4.69, 9.17) is 4.74 Å². The van der Waals surface area contributed by atoms with Gasteiger partial charge < -0.3 is 9.64 Å². The molecule has 3 atom stereocenters. The lowest BCUT2D eigenvalue weighted by molar-refractivity contribution is -0.132. The Labute approximate surface area is 111 Å². The van der Waals surface area contributed by atoms with Crippen molar-refractivity contribution >= 4 is 5.91 Å². The summed E-state index contributed by atoms with van der Waals surface area (Å²) in [6.07, 6.45) is 0.674. The third kappa shape index (κ3) is 2.24. The van der Waals surface area contributed by atoms with Gasteiger partial charge in [-0.2, -0.15) is 0 Å². The average molecular weight is 264 g/mol. The first kappa shape index (κ1) is 12.6. The molecule has 1 aromatic rings. The summed E-state index contributed by atoms with van der Waals surface area (Å²) in [4.78, 5) is 14.1. The number of nitrogens with one attached hydrogen (secondary N) is 1. The molecule has 2 aliphatic heterocycles. The molecule has 0 aliphatic carbocycles. The van der Waals surface area contributed by atoms with Crippen LogP contribution >= 0.6 is 0 Å². The summed E-state index contributed by atoms with van der Waals surface area (Å²) in [5, 5.41) is 3.26. The van der Waals surface area contributed by atoms with Gasteiger partial charge in [-0.25, -0.2) is 4.39 Å². The van der Waals surface area contributed by atoms with Crippen molar-refractivity contribution in [3.05, 3.63) is 35.6 Å². The van der Waals surface area contributed by atoms with Gasteiger partial charge in [0.1, 0.15) is 12.0 Å². The maximum atomic E-state index is 13.0. The molecule has 5 heteroatoms. The molecule has 1 aromatic carbocycles. The molecule has 19 heavy (non-hydrogen) atoms. The zero-order valence-electron chi connectivity index (χ0n) is 10.8. The summed E-state index contributed by atoms with van der Waals surface area (Å²) < 4.78 is 18.4. The van der Waals surface area contributed by atoms with E-state index >= 15 is 0 Å². The van der Waals surface area contributed by atoms with Crippen LogP contribution in [-0.4, -0.2) is 36.1 Å². The van der Waals surface area contributed by atoms with Gasteiger partial charge in [-0.1, -0.05) is 12.1 Å². The second-order valence-electron chi connectivity index (χ2n) is 5.11. The molecule has 102 valence electrons. The van der Waals surface area contributed by atoms with Gasteiger partial charge in [0.15, 0.2) is 0 Å². The van der Waals surface area contributed by atoms with Crippen LogP contribution in [0.2, 0.25) is 0 Å². The second-order valence-corrected chi connectivity index (χ2v) is 5.11. The molecule has 2 saturated heterocycles. The van der Waals surface area contributed by atoms with Crippen LogP contribution in [0.3, 0.4) is 0 Å². The van der Waals surface area contributed by atoms with E-state index in [1.54, 1.807) is 12.1 Å². The van der Waals surface area contributed by atoms with Gasteiger partial charge in [-0.3, -0.25) is 10.1 Å². The number of amides is 1. The Balaban J connectivity index is 1.89. The topological polar surface area (TPSA) is 41.6 Å². The minimum absolute atomic E-state index is 0.0878. The van der Waals surface area contributed by atoms with E-state index in [9.17, 15) is 9.18 Å². The van der Waals surface area contributed by atoms with E-state index in [-0.39, 0.29) is 30.0 Å². The zero-order chi connectivity index (χ0) is 13.4. The molecular formula is C14H17FN2O2. The lowest BCUT2D eigenvalue weighted by Gasteiger charge is -2.29. The van der Waals surface area contributed by atoms with Crippen molar-refractivity contribution in [1.82, 2.24) is 10.2 Å². The van der Waals surface area contributed by atoms with E-state index < -0.39 is 0 Å². The van der Waals surface area contributed by atoms with Gasteiger partial charge in [0, 0.05) is 6.61 Å². The van der Waals surface area contributed by atoms with Crippen LogP contribution in [0.4, 0.5) is 4.39 Å². The fourth-order valence-corrected chi connectivity index (χ4v) is 2.77. The SMILES string of the molecule is CC1NC(c2ccc(F)cc2)N(C2CCOC2)C1=O. The monoisotopic (exact) mass is 264 g/mol. The number of halogens is 1. The summed E-state index contributed by atoms with van der Waals surface area (Å²) >= 11 is 0. The standard InChI is InChI=1S/C14H17FN2O2/c1-9-14(18)17(12-6-7-19-8-12)13(16-9)10-2-4-11(15)5-3-10/h2-5,9,12-13,16H,6-8H2,1H3.